The first-order chi connectivity index (χ1) is 10.1. The van der Waals surface area contributed by atoms with Crippen LogP contribution >= 0.6 is 35.4 Å². The number of nitrogens with zero attached hydrogens (tertiary/aromatic N) is 1. The van der Waals surface area contributed by atoms with Crippen LogP contribution < -0.4 is 16.2 Å². The van der Waals surface area contributed by atoms with E-state index in [0.717, 1.165) is 0 Å². The van der Waals surface area contributed by atoms with Crippen LogP contribution in [-0.4, -0.2) is 16.0 Å². The van der Waals surface area contributed by atoms with Gasteiger partial charge in [0.05, 0.1) is 10.7 Å². The van der Waals surface area contributed by atoms with Gasteiger partial charge in [0.1, 0.15) is 5.69 Å². The molecule has 0 aliphatic heterocycles. The summed E-state index contributed by atoms with van der Waals surface area (Å²) in [7, 11) is 0. The molecular weight excluding hydrogens is 331 g/mol. The summed E-state index contributed by atoms with van der Waals surface area (Å²) in [5.41, 5.74) is 5.84. The Labute approximate surface area is 136 Å². The molecule has 0 spiro atoms. The quantitative estimate of drug-likeness (QED) is 0.579. The van der Waals surface area contributed by atoms with E-state index in [1.807, 2.05) is 0 Å². The zero-order valence-corrected chi connectivity index (χ0v) is 12.9. The van der Waals surface area contributed by atoms with E-state index < -0.39 is 5.91 Å². The minimum Gasteiger partial charge on any atom is -0.330 e. The summed E-state index contributed by atoms with van der Waals surface area (Å²) < 4.78 is 0. The number of benzene rings is 1. The molecule has 0 saturated carbocycles. The Bertz CT molecular complexity index is 666. The van der Waals surface area contributed by atoms with Gasteiger partial charge in [0.15, 0.2) is 5.11 Å². The average Bonchev–Trinajstić information content (AvgIpc) is 2.48. The molecule has 108 valence electrons. The van der Waals surface area contributed by atoms with E-state index in [1.54, 1.807) is 36.4 Å². The Morgan fingerprint density at radius 2 is 1.95 bits per heavy atom. The smallest absolute Gasteiger partial charge is 0.288 e. The minimum absolute atomic E-state index is 0.184. The van der Waals surface area contributed by atoms with Crippen LogP contribution in [0.25, 0.3) is 0 Å². The number of halogens is 2. The number of amides is 1. The van der Waals surface area contributed by atoms with E-state index in [-0.39, 0.29) is 10.8 Å². The van der Waals surface area contributed by atoms with E-state index in [1.165, 1.54) is 6.20 Å². The van der Waals surface area contributed by atoms with Gasteiger partial charge < -0.3 is 5.32 Å². The summed E-state index contributed by atoms with van der Waals surface area (Å²) in [5.74, 6) is -0.401. The van der Waals surface area contributed by atoms with E-state index in [9.17, 15) is 4.79 Å². The van der Waals surface area contributed by atoms with Crippen molar-refractivity contribution in [3.63, 3.8) is 0 Å². The van der Waals surface area contributed by atoms with Crippen molar-refractivity contribution in [3.8, 4) is 0 Å². The predicted molar refractivity (Wildman–Crippen MR) is 87.5 cm³/mol. The highest BCUT2D eigenvalue weighted by Crippen LogP contribution is 2.25. The summed E-state index contributed by atoms with van der Waals surface area (Å²) in [6.07, 6.45) is 1.53. The fourth-order valence-corrected chi connectivity index (χ4v) is 2.04. The lowest BCUT2D eigenvalue weighted by molar-refractivity contribution is 0.0939. The molecule has 21 heavy (non-hydrogen) atoms. The van der Waals surface area contributed by atoms with Crippen LogP contribution in [0.3, 0.4) is 0 Å². The molecule has 0 aliphatic rings. The molecule has 0 atom stereocenters. The lowest BCUT2D eigenvalue weighted by atomic mass is 10.3. The summed E-state index contributed by atoms with van der Waals surface area (Å²) >= 11 is 16.8. The maximum absolute atomic E-state index is 11.7. The van der Waals surface area contributed by atoms with Gasteiger partial charge in [0.25, 0.3) is 5.91 Å². The van der Waals surface area contributed by atoms with Gasteiger partial charge in [-0.1, -0.05) is 29.3 Å². The largest absolute Gasteiger partial charge is 0.330 e. The van der Waals surface area contributed by atoms with Crippen LogP contribution in [0.4, 0.5) is 5.69 Å². The number of nitrogens with one attached hydrogen (secondary N) is 3. The number of hydrogen-bond acceptors (Lipinski definition) is 3. The van der Waals surface area contributed by atoms with E-state index >= 15 is 0 Å². The molecule has 0 aliphatic carbocycles. The van der Waals surface area contributed by atoms with Crippen LogP contribution in [0.15, 0.2) is 42.6 Å². The molecule has 0 unspecified atom stereocenters. The van der Waals surface area contributed by atoms with Crippen LogP contribution in [0, 0.1) is 0 Å². The molecule has 0 bridgehead atoms. The Hall–Kier alpha value is -1.89. The Balaban J connectivity index is 1.89. The van der Waals surface area contributed by atoms with Gasteiger partial charge in [-0.25, -0.2) is 0 Å². The van der Waals surface area contributed by atoms with Gasteiger partial charge in [0, 0.05) is 11.2 Å². The van der Waals surface area contributed by atoms with Crippen molar-refractivity contribution in [1.29, 1.82) is 0 Å². The Morgan fingerprint density at radius 1 is 1.14 bits per heavy atom. The molecule has 1 aromatic carbocycles. The number of hydrazine groups is 1. The number of thiocarbonyl (C=S) groups is 1. The maximum atomic E-state index is 11.7. The lowest BCUT2D eigenvalue weighted by Gasteiger charge is -2.12. The second-order valence-corrected chi connectivity index (χ2v) is 5.12. The molecule has 1 heterocycles. The number of carbonyl (C=O) groups is 1. The Kier molecular flexibility index (Phi) is 5.32. The monoisotopic (exact) mass is 340 g/mol. The number of aromatic nitrogens is 1. The molecule has 1 amide bonds. The third kappa shape index (κ3) is 4.56. The predicted octanol–water partition coefficient (Wildman–Crippen LogP) is 3.02. The number of hydrogen-bond donors (Lipinski definition) is 3. The highest BCUT2D eigenvalue weighted by atomic mass is 35.5. The zero-order chi connectivity index (χ0) is 15.2. The molecule has 3 N–H and O–H groups in total. The van der Waals surface area contributed by atoms with Crippen molar-refractivity contribution >= 4 is 52.1 Å². The van der Waals surface area contributed by atoms with Crippen LogP contribution in [0.5, 0.6) is 0 Å². The summed E-state index contributed by atoms with van der Waals surface area (Å²) in [5, 5.41) is 3.96. The summed E-state index contributed by atoms with van der Waals surface area (Å²) in [6.45, 7) is 0. The summed E-state index contributed by atoms with van der Waals surface area (Å²) in [6, 6.07) is 9.96. The topological polar surface area (TPSA) is 66.1 Å². The minimum atomic E-state index is -0.401. The van der Waals surface area contributed by atoms with E-state index in [2.05, 4.69) is 21.2 Å². The van der Waals surface area contributed by atoms with Crippen molar-refractivity contribution in [3.05, 3.63) is 58.3 Å². The number of carbonyl (C=O) groups excluding carboxylic acids is 1. The lowest BCUT2D eigenvalue weighted by Crippen LogP contribution is -2.44. The van der Waals surface area contributed by atoms with Crippen LogP contribution in [0.2, 0.25) is 10.0 Å². The molecule has 1 aromatic heterocycles. The highest BCUT2D eigenvalue weighted by Gasteiger charge is 2.07. The molecule has 2 aromatic rings. The van der Waals surface area contributed by atoms with Crippen molar-refractivity contribution in [1.82, 2.24) is 15.8 Å². The first-order valence-electron chi connectivity index (χ1n) is 5.79. The molecule has 0 fully saturated rings. The SMILES string of the molecule is O=C(NNC(=S)Nc1ccc(Cl)cc1Cl)c1ccccn1. The van der Waals surface area contributed by atoms with Gasteiger partial charge in [-0.05, 0) is 42.5 Å². The first kappa shape index (κ1) is 15.5. The standard InChI is InChI=1S/C13H10Cl2N4OS/c14-8-4-5-10(9(15)7-8)17-13(21)19-18-12(20)11-3-1-2-6-16-11/h1-7H,(H,18,20)(H2,17,19,21). The first-order valence-corrected chi connectivity index (χ1v) is 6.96. The highest BCUT2D eigenvalue weighted by molar-refractivity contribution is 7.80. The molecule has 8 heteroatoms. The van der Waals surface area contributed by atoms with E-state index in [0.29, 0.717) is 15.7 Å². The average molecular weight is 341 g/mol. The fraction of sp³-hybridized carbons (Fsp3) is 0. The van der Waals surface area contributed by atoms with Crippen molar-refractivity contribution in [2.45, 2.75) is 0 Å². The summed E-state index contributed by atoms with van der Waals surface area (Å²) in [4.78, 5) is 15.7. The number of anilines is 1. The van der Waals surface area contributed by atoms with Crippen molar-refractivity contribution in [2.75, 3.05) is 5.32 Å². The Morgan fingerprint density at radius 3 is 2.62 bits per heavy atom. The van der Waals surface area contributed by atoms with Crippen LogP contribution in [0.1, 0.15) is 10.5 Å². The molecule has 5 nitrogen and oxygen atoms in total. The number of rotatable bonds is 2. The molecular formula is C13H10Cl2N4OS. The molecule has 0 radical (unpaired) electrons. The second-order valence-electron chi connectivity index (χ2n) is 3.87. The number of pyridine rings is 1. The van der Waals surface area contributed by atoms with Crippen LogP contribution in [-0.2, 0) is 0 Å². The maximum Gasteiger partial charge on any atom is 0.288 e. The molecule has 2 rings (SSSR count). The second kappa shape index (κ2) is 7.21. The van der Waals surface area contributed by atoms with Crippen molar-refractivity contribution < 1.29 is 4.79 Å². The fourth-order valence-electron chi connectivity index (χ4n) is 1.42. The van der Waals surface area contributed by atoms with Gasteiger partial charge >= 0.3 is 0 Å². The third-order valence-electron chi connectivity index (χ3n) is 2.37. The van der Waals surface area contributed by atoms with Gasteiger partial charge in [0.2, 0.25) is 0 Å². The van der Waals surface area contributed by atoms with Crippen molar-refractivity contribution in [2.24, 2.45) is 0 Å². The third-order valence-corrected chi connectivity index (χ3v) is 3.12. The zero-order valence-electron chi connectivity index (χ0n) is 10.6. The van der Waals surface area contributed by atoms with Gasteiger partial charge in [-0.2, -0.15) is 0 Å². The normalized spacial score (nSPS) is 9.81. The molecule has 0 saturated heterocycles. The van der Waals surface area contributed by atoms with Gasteiger partial charge in [-0.15, -0.1) is 0 Å². The van der Waals surface area contributed by atoms with Gasteiger partial charge in [-0.3, -0.25) is 20.6 Å². The van der Waals surface area contributed by atoms with E-state index in [4.69, 9.17) is 35.4 Å².